The Kier molecular flexibility index (Phi) is 5.66. The molecule has 0 aliphatic carbocycles. The number of anilines is 1. The summed E-state index contributed by atoms with van der Waals surface area (Å²) in [4.78, 5) is 41.2. The summed E-state index contributed by atoms with van der Waals surface area (Å²) in [6.45, 7) is 5.60. The Labute approximate surface area is 192 Å². The van der Waals surface area contributed by atoms with Crippen LogP contribution in [0.4, 0.5) is 5.69 Å². The van der Waals surface area contributed by atoms with E-state index in [0.717, 1.165) is 10.5 Å². The lowest BCUT2D eigenvalue weighted by Crippen LogP contribution is -2.56. The van der Waals surface area contributed by atoms with Gasteiger partial charge in [-0.3, -0.25) is 19.7 Å². The van der Waals surface area contributed by atoms with Crippen molar-refractivity contribution >= 4 is 23.5 Å². The minimum absolute atomic E-state index is 0.0668. The number of ether oxygens (including phenoxy) is 1. The molecule has 8 heteroatoms. The van der Waals surface area contributed by atoms with Crippen LogP contribution in [0.25, 0.3) is 0 Å². The molecule has 2 aromatic carbocycles. The number of phenolic OH excluding ortho intramolecular Hbond substituents is 1. The minimum Gasteiger partial charge on any atom is -0.504 e. The number of hydrogen-bond acceptors (Lipinski definition) is 6. The first kappa shape index (κ1) is 22.8. The van der Waals surface area contributed by atoms with Gasteiger partial charge in [0.25, 0.3) is 0 Å². The summed E-state index contributed by atoms with van der Waals surface area (Å²) in [5.41, 5.74) is -0.0538. The van der Waals surface area contributed by atoms with E-state index >= 15 is 0 Å². The molecule has 0 unspecified atom stereocenters. The highest BCUT2D eigenvalue weighted by atomic mass is 16.5. The number of fused-ring (bicyclic) bond motifs is 1. The summed E-state index contributed by atoms with van der Waals surface area (Å²) < 4.78 is 5.22. The van der Waals surface area contributed by atoms with Gasteiger partial charge in [0.2, 0.25) is 11.8 Å². The molecule has 4 rings (SSSR count). The largest absolute Gasteiger partial charge is 0.504 e. The number of aromatic hydroxyl groups is 1. The third-order valence-corrected chi connectivity index (χ3v) is 6.61. The number of aliphatic carboxylic acids is 1. The van der Waals surface area contributed by atoms with Crippen LogP contribution in [0.15, 0.2) is 42.5 Å². The van der Waals surface area contributed by atoms with Gasteiger partial charge in [0, 0.05) is 11.6 Å². The van der Waals surface area contributed by atoms with E-state index in [1.54, 1.807) is 36.4 Å². The molecular formula is C25H28N2O6. The van der Waals surface area contributed by atoms with E-state index in [1.165, 1.54) is 7.11 Å². The number of carboxylic acids is 1. The molecule has 2 aliphatic heterocycles. The van der Waals surface area contributed by atoms with Gasteiger partial charge in [-0.2, -0.15) is 0 Å². The molecule has 33 heavy (non-hydrogen) atoms. The van der Waals surface area contributed by atoms with Crippen LogP contribution in [-0.2, 0) is 14.4 Å². The zero-order chi connectivity index (χ0) is 24.1. The molecule has 0 radical (unpaired) electrons. The number of carboxylic acid groups (broad SMARTS) is 1. The van der Waals surface area contributed by atoms with Gasteiger partial charge in [-0.1, -0.05) is 38.1 Å². The van der Waals surface area contributed by atoms with Crippen molar-refractivity contribution in [1.82, 2.24) is 5.32 Å². The topological polar surface area (TPSA) is 116 Å². The second-order valence-electron chi connectivity index (χ2n) is 9.25. The lowest BCUT2D eigenvalue weighted by molar-refractivity contribution is -0.149. The maximum absolute atomic E-state index is 13.7. The fourth-order valence-electron chi connectivity index (χ4n) is 5.36. The highest BCUT2D eigenvalue weighted by molar-refractivity contribution is 6.24. The van der Waals surface area contributed by atoms with Crippen molar-refractivity contribution in [3.05, 3.63) is 53.6 Å². The highest BCUT2D eigenvalue weighted by Gasteiger charge is 2.68. The number of amides is 2. The van der Waals surface area contributed by atoms with Crippen molar-refractivity contribution in [3.8, 4) is 11.5 Å². The maximum Gasteiger partial charge on any atom is 0.324 e. The molecule has 2 saturated heterocycles. The van der Waals surface area contributed by atoms with E-state index in [9.17, 15) is 24.6 Å². The number of nitrogens with zero attached hydrogens (tertiary/aromatic N) is 1. The number of methoxy groups -OCH3 is 1. The number of nitrogens with one attached hydrogen (secondary N) is 1. The van der Waals surface area contributed by atoms with Crippen LogP contribution in [0.2, 0.25) is 0 Å². The predicted molar refractivity (Wildman–Crippen MR) is 121 cm³/mol. The van der Waals surface area contributed by atoms with Gasteiger partial charge >= 0.3 is 5.97 Å². The average Bonchev–Trinajstić information content (AvgIpc) is 3.22. The van der Waals surface area contributed by atoms with Crippen molar-refractivity contribution in [2.75, 3.05) is 12.0 Å². The summed E-state index contributed by atoms with van der Waals surface area (Å²) in [6, 6.07) is 11.0. The molecule has 2 aliphatic rings. The molecule has 174 valence electrons. The molecule has 2 aromatic rings. The molecule has 3 N–H and O–H groups in total. The number of benzene rings is 2. The van der Waals surface area contributed by atoms with Crippen LogP contribution in [-0.4, -0.2) is 40.6 Å². The molecule has 4 atom stereocenters. The second-order valence-corrected chi connectivity index (χ2v) is 9.25. The van der Waals surface area contributed by atoms with Crippen LogP contribution >= 0.6 is 0 Å². The van der Waals surface area contributed by atoms with Gasteiger partial charge in [-0.25, -0.2) is 4.90 Å². The first-order valence-electron chi connectivity index (χ1n) is 10.9. The number of carbonyl (C=O) groups excluding carboxylic acids is 2. The van der Waals surface area contributed by atoms with E-state index in [2.05, 4.69) is 5.32 Å². The molecule has 2 fully saturated rings. The third-order valence-electron chi connectivity index (χ3n) is 6.61. The van der Waals surface area contributed by atoms with Gasteiger partial charge in [-0.15, -0.1) is 0 Å². The first-order valence-corrected chi connectivity index (χ1v) is 10.9. The Bertz CT molecular complexity index is 1130. The number of rotatable bonds is 6. The number of hydrogen-bond donors (Lipinski definition) is 3. The Balaban J connectivity index is 1.91. The SMILES string of the molecule is COc1cccc([C@@H]2N[C@](CC(C)C)(C(=O)O)[C@@H]3C(=O)N(c4cccc(C)c4)C(=O)[C@H]32)c1O. The highest BCUT2D eigenvalue weighted by Crippen LogP contribution is 2.53. The van der Waals surface area contributed by atoms with E-state index in [0.29, 0.717) is 11.3 Å². The summed E-state index contributed by atoms with van der Waals surface area (Å²) in [6.07, 6.45) is 0.144. The molecular weight excluding hydrogens is 424 g/mol. The predicted octanol–water partition coefficient (Wildman–Crippen LogP) is 3.03. The van der Waals surface area contributed by atoms with Crippen molar-refractivity contribution in [2.24, 2.45) is 17.8 Å². The normalized spacial score (nSPS) is 26.7. The second kappa shape index (κ2) is 8.19. The smallest absolute Gasteiger partial charge is 0.324 e. The molecule has 2 heterocycles. The molecule has 0 aromatic heterocycles. The van der Waals surface area contributed by atoms with Crippen molar-refractivity contribution in [1.29, 1.82) is 0 Å². The van der Waals surface area contributed by atoms with Crippen LogP contribution in [0.3, 0.4) is 0 Å². The van der Waals surface area contributed by atoms with E-state index in [1.807, 2.05) is 26.8 Å². The number of para-hydroxylation sites is 1. The Morgan fingerprint density at radius 3 is 2.48 bits per heavy atom. The lowest BCUT2D eigenvalue weighted by Gasteiger charge is -2.32. The molecule has 0 saturated carbocycles. The fraction of sp³-hybridized carbons (Fsp3) is 0.400. The average molecular weight is 453 g/mol. The minimum atomic E-state index is -1.66. The van der Waals surface area contributed by atoms with Gasteiger partial charge in [0.05, 0.1) is 24.6 Å². The summed E-state index contributed by atoms with van der Waals surface area (Å²) in [7, 11) is 1.41. The van der Waals surface area contributed by atoms with Crippen LogP contribution in [0.1, 0.15) is 37.4 Å². The fourth-order valence-corrected chi connectivity index (χ4v) is 5.36. The van der Waals surface area contributed by atoms with Crippen molar-refractivity contribution < 1.29 is 29.3 Å². The van der Waals surface area contributed by atoms with Gasteiger partial charge in [0.1, 0.15) is 5.54 Å². The monoisotopic (exact) mass is 452 g/mol. The van der Waals surface area contributed by atoms with Gasteiger partial charge in [0.15, 0.2) is 11.5 Å². The van der Waals surface area contributed by atoms with Crippen molar-refractivity contribution in [2.45, 2.75) is 38.8 Å². The van der Waals surface area contributed by atoms with Crippen LogP contribution in [0.5, 0.6) is 11.5 Å². The summed E-state index contributed by atoms with van der Waals surface area (Å²) in [5, 5.41) is 24.3. The van der Waals surface area contributed by atoms with Crippen molar-refractivity contribution in [3.63, 3.8) is 0 Å². The van der Waals surface area contributed by atoms with E-state index in [-0.39, 0.29) is 23.8 Å². The Hall–Kier alpha value is -3.39. The maximum atomic E-state index is 13.7. The van der Waals surface area contributed by atoms with E-state index in [4.69, 9.17) is 4.74 Å². The number of aryl methyl sites for hydroxylation is 1. The number of phenols is 1. The van der Waals surface area contributed by atoms with Crippen LogP contribution < -0.4 is 15.0 Å². The Morgan fingerprint density at radius 2 is 1.88 bits per heavy atom. The standard InChI is InChI=1S/C25H28N2O6/c1-13(2)12-25(24(31)32)19-18(20(26-25)16-9-6-10-17(33-4)21(16)28)22(29)27(23(19)30)15-8-5-7-14(3)11-15/h5-11,13,18-20,26,28H,12H2,1-4H3,(H,31,32)/t18-,19+,20+,25+/m1/s1. The first-order chi connectivity index (χ1) is 15.6. The van der Waals surface area contributed by atoms with Gasteiger partial charge in [-0.05, 0) is 43.0 Å². The third kappa shape index (κ3) is 3.45. The van der Waals surface area contributed by atoms with E-state index < -0.39 is 41.2 Å². The summed E-state index contributed by atoms with van der Waals surface area (Å²) in [5.74, 6) is -4.39. The molecule has 2 amide bonds. The Morgan fingerprint density at radius 1 is 1.18 bits per heavy atom. The quantitative estimate of drug-likeness (QED) is 0.577. The van der Waals surface area contributed by atoms with Gasteiger partial charge < -0.3 is 14.9 Å². The molecule has 8 nitrogen and oxygen atoms in total. The number of carbonyl (C=O) groups is 3. The zero-order valence-electron chi connectivity index (χ0n) is 19.0. The number of imide groups is 1. The molecule has 0 spiro atoms. The zero-order valence-corrected chi connectivity index (χ0v) is 19.0. The van der Waals surface area contributed by atoms with Crippen LogP contribution in [0, 0.1) is 24.7 Å². The summed E-state index contributed by atoms with van der Waals surface area (Å²) >= 11 is 0. The molecule has 0 bridgehead atoms. The lowest BCUT2D eigenvalue weighted by atomic mass is 9.75.